The first kappa shape index (κ1) is 15.7. The number of benzene rings is 2. The summed E-state index contributed by atoms with van der Waals surface area (Å²) in [5, 5.41) is 13.3. The molecule has 1 aromatic heterocycles. The Balaban J connectivity index is 2.08. The van der Waals surface area contributed by atoms with Crippen molar-refractivity contribution >= 4 is 5.97 Å². The van der Waals surface area contributed by atoms with Crippen LogP contribution in [0.3, 0.4) is 0 Å². The van der Waals surface area contributed by atoms with Crippen LogP contribution in [0.4, 0.5) is 4.39 Å². The molecule has 7 heteroatoms. The van der Waals surface area contributed by atoms with Crippen LogP contribution in [-0.4, -0.2) is 33.0 Å². The maximum Gasteiger partial charge on any atom is 0.325 e. The van der Waals surface area contributed by atoms with Gasteiger partial charge in [0.1, 0.15) is 18.1 Å². The van der Waals surface area contributed by atoms with E-state index < -0.39 is 5.97 Å². The minimum Gasteiger partial charge on any atom is -0.497 e. The first-order valence-electron chi connectivity index (χ1n) is 7.14. The van der Waals surface area contributed by atoms with Gasteiger partial charge in [-0.2, -0.15) is 0 Å². The van der Waals surface area contributed by atoms with E-state index in [1.807, 2.05) is 0 Å². The molecule has 0 aliphatic carbocycles. The van der Waals surface area contributed by atoms with E-state index in [1.165, 1.54) is 28.9 Å². The summed E-state index contributed by atoms with van der Waals surface area (Å²) < 4.78 is 19.6. The monoisotopic (exact) mass is 327 g/mol. The molecule has 0 atom stereocenters. The lowest BCUT2D eigenvalue weighted by molar-refractivity contribution is -0.137. The zero-order valence-electron chi connectivity index (χ0n) is 12.8. The molecule has 0 spiro atoms. The average Bonchev–Trinajstić information content (AvgIpc) is 2.99. The fraction of sp³-hybridized carbons (Fsp3) is 0.118. The van der Waals surface area contributed by atoms with Gasteiger partial charge in [0.25, 0.3) is 0 Å². The number of halogens is 1. The summed E-state index contributed by atoms with van der Waals surface area (Å²) in [4.78, 5) is 15.5. The number of aromatic nitrogens is 3. The van der Waals surface area contributed by atoms with E-state index in [0.717, 1.165) is 0 Å². The Morgan fingerprint density at radius 3 is 2.62 bits per heavy atom. The van der Waals surface area contributed by atoms with Crippen molar-refractivity contribution in [1.82, 2.24) is 14.8 Å². The molecule has 1 N–H and O–H groups in total. The van der Waals surface area contributed by atoms with Crippen molar-refractivity contribution in [3.63, 3.8) is 0 Å². The van der Waals surface area contributed by atoms with Gasteiger partial charge in [-0.15, -0.1) is 5.10 Å². The second kappa shape index (κ2) is 6.49. The third-order valence-corrected chi connectivity index (χ3v) is 3.39. The molecule has 0 aliphatic heterocycles. The fourth-order valence-corrected chi connectivity index (χ4v) is 2.28. The summed E-state index contributed by atoms with van der Waals surface area (Å²) in [6, 6.07) is 12.8. The topological polar surface area (TPSA) is 77.2 Å². The molecular weight excluding hydrogens is 313 g/mol. The van der Waals surface area contributed by atoms with E-state index >= 15 is 0 Å². The summed E-state index contributed by atoms with van der Waals surface area (Å²) in [5.74, 6) is -0.0494. The Hall–Kier alpha value is -3.22. The van der Waals surface area contributed by atoms with Crippen molar-refractivity contribution in [2.24, 2.45) is 0 Å². The number of methoxy groups -OCH3 is 1. The number of carboxylic acids is 1. The van der Waals surface area contributed by atoms with Gasteiger partial charge in [0.05, 0.1) is 7.11 Å². The highest BCUT2D eigenvalue weighted by Crippen LogP contribution is 2.25. The fourth-order valence-electron chi connectivity index (χ4n) is 2.28. The number of hydrogen-bond acceptors (Lipinski definition) is 4. The number of ether oxygens (including phenoxy) is 1. The molecule has 0 saturated heterocycles. The first-order valence-corrected chi connectivity index (χ1v) is 7.14. The lowest BCUT2D eigenvalue weighted by Crippen LogP contribution is -2.11. The molecule has 2 aromatic carbocycles. The van der Waals surface area contributed by atoms with Gasteiger partial charge < -0.3 is 9.84 Å². The predicted molar refractivity (Wildman–Crippen MR) is 85.0 cm³/mol. The van der Waals surface area contributed by atoms with Crippen LogP contribution < -0.4 is 4.74 Å². The molecule has 0 amide bonds. The van der Waals surface area contributed by atoms with Crippen molar-refractivity contribution < 1.29 is 19.0 Å². The Morgan fingerprint density at radius 1 is 1.21 bits per heavy atom. The number of nitrogens with zero attached hydrogens (tertiary/aromatic N) is 3. The van der Waals surface area contributed by atoms with Crippen molar-refractivity contribution in [2.75, 3.05) is 7.11 Å². The van der Waals surface area contributed by atoms with Gasteiger partial charge in [-0.3, -0.25) is 4.79 Å². The molecule has 3 aromatic rings. The number of aliphatic carboxylic acids is 1. The highest BCUT2D eigenvalue weighted by molar-refractivity contribution is 5.69. The number of hydrogen-bond donors (Lipinski definition) is 1. The molecule has 6 nitrogen and oxygen atoms in total. The van der Waals surface area contributed by atoms with Crippen molar-refractivity contribution in [3.05, 3.63) is 54.3 Å². The highest BCUT2D eigenvalue weighted by atomic mass is 19.1. The predicted octanol–water partition coefficient (Wildman–Crippen LogP) is 2.84. The second-order valence-corrected chi connectivity index (χ2v) is 5.05. The van der Waals surface area contributed by atoms with Gasteiger partial charge in [-0.25, -0.2) is 14.1 Å². The van der Waals surface area contributed by atoms with Crippen LogP contribution in [0.15, 0.2) is 48.5 Å². The Morgan fingerprint density at radius 2 is 1.96 bits per heavy atom. The Bertz CT molecular complexity index is 875. The zero-order valence-corrected chi connectivity index (χ0v) is 12.8. The van der Waals surface area contributed by atoms with E-state index in [4.69, 9.17) is 9.84 Å². The summed E-state index contributed by atoms with van der Waals surface area (Å²) >= 11 is 0. The third kappa shape index (κ3) is 3.24. The van der Waals surface area contributed by atoms with Gasteiger partial charge in [-0.1, -0.05) is 12.1 Å². The van der Waals surface area contributed by atoms with Gasteiger partial charge in [0, 0.05) is 11.1 Å². The number of rotatable bonds is 5. The highest BCUT2D eigenvalue weighted by Gasteiger charge is 2.16. The summed E-state index contributed by atoms with van der Waals surface area (Å²) in [5.41, 5.74) is 1.28. The van der Waals surface area contributed by atoms with Crippen molar-refractivity contribution in [1.29, 1.82) is 0 Å². The molecule has 0 unspecified atom stereocenters. The molecule has 0 bridgehead atoms. The van der Waals surface area contributed by atoms with Crippen molar-refractivity contribution in [3.8, 4) is 28.5 Å². The molecular formula is C17H14FN3O3. The van der Waals surface area contributed by atoms with Crippen LogP contribution in [0.5, 0.6) is 5.75 Å². The number of carboxylic acid groups (broad SMARTS) is 1. The standard InChI is InChI=1S/C17H14FN3O3/c1-24-14-4-2-3-12(9-14)16-19-17(21(20-16)10-15(22)23)11-5-7-13(18)8-6-11/h2-9H,10H2,1H3,(H,22,23). The maximum absolute atomic E-state index is 13.1. The summed E-state index contributed by atoms with van der Waals surface area (Å²) in [7, 11) is 1.56. The lowest BCUT2D eigenvalue weighted by atomic mass is 10.2. The molecule has 0 fully saturated rings. The molecule has 122 valence electrons. The van der Waals surface area contributed by atoms with E-state index in [-0.39, 0.29) is 12.4 Å². The van der Waals surface area contributed by atoms with Crippen LogP contribution in [0.2, 0.25) is 0 Å². The second-order valence-electron chi connectivity index (χ2n) is 5.05. The van der Waals surface area contributed by atoms with Crippen LogP contribution in [0.25, 0.3) is 22.8 Å². The lowest BCUT2D eigenvalue weighted by Gasteiger charge is -2.02. The molecule has 24 heavy (non-hydrogen) atoms. The van der Waals surface area contributed by atoms with E-state index in [0.29, 0.717) is 28.5 Å². The average molecular weight is 327 g/mol. The van der Waals surface area contributed by atoms with Gasteiger partial charge in [0.15, 0.2) is 11.6 Å². The zero-order chi connectivity index (χ0) is 17.1. The minimum absolute atomic E-state index is 0.344. The van der Waals surface area contributed by atoms with Crippen LogP contribution >= 0.6 is 0 Å². The molecule has 0 aliphatic rings. The van der Waals surface area contributed by atoms with Gasteiger partial charge >= 0.3 is 5.97 Å². The number of carbonyl (C=O) groups is 1. The summed E-state index contributed by atoms with van der Waals surface area (Å²) in [6.45, 7) is -0.344. The molecule has 1 heterocycles. The van der Waals surface area contributed by atoms with Crippen LogP contribution in [0, 0.1) is 5.82 Å². The van der Waals surface area contributed by atoms with Gasteiger partial charge in [-0.05, 0) is 36.4 Å². The van der Waals surface area contributed by atoms with E-state index in [1.54, 1.807) is 31.4 Å². The normalized spacial score (nSPS) is 10.6. The van der Waals surface area contributed by atoms with Crippen LogP contribution in [-0.2, 0) is 11.3 Å². The molecule has 0 saturated carbocycles. The largest absolute Gasteiger partial charge is 0.497 e. The van der Waals surface area contributed by atoms with Gasteiger partial charge in [0.2, 0.25) is 0 Å². The van der Waals surface area contributed by atoms with Crippen molar-refractivity contribution in [2.45, 2.75) is 6.54 Å². The summed E-state index contributed by atoms with van der Waals surface area (Å²) in [6.07, 6.45) is 0. The Kier molecular flexibility index (Phi) is 4.24. The Labute approximate surface area is 137 Å². The quantitative estimate of drug-likeness (QED) is 0.780. The van der Waals surface area contributed by atoms with Crippen LogP contribution in [0.1, 0.15) is 0 Å². The SMILES string of the molecule is COc1cccc(-c2nc(-c3ccc(F)cc3)n(CC(=O)O)n2)c1. The smallest absolute Gasteiger partial charge is 0.325 e. The maximum atomic E-state index is 13.1. The third-order valence-electron chi connectivity index (χ3n) is 3.39. The minimum atomic E-state index is -1.04. The first-order chi connectivity index (χ1) is 11.6. The molecule has 0 radical (unpaired) electrons. The molecule has 3 rings (SSSR count). The van der Waals surface area contributed by atoms with E-state index in [2.05, 4.69) is 10.1 Å². The van der Waals surface area contributed by atoms with E-state index in [9.17, 15) is 9.18 Å².